The fraction of sp³-hybridized carbons (Fsp3) is 0.250. The summed E-state index contributed by atoms with van der Waals surface area (Å²) in [5.74, 6) is -0.265. The molecule has 0 radical (unpaired) electrons. The van der Waals surface area contributed by atoms with Crippen LogP contribution < -0.4 is 0 Å². The summed E-state index contributed by atoms with van der Waals surface area (Å²) in [6.07, 6.45) is 11.1. The molecule has 0 aromatic heterocycles. The van der Waals surface area contributed by atoms with Crippen molar-refractivity contribution in [1.82, 2.24) is 0 Å². The number of aliphatic hydroxyl groups is 1. The molecule has 0 fully saturated rings. The van der Waals surface area contributed by atoms with E-state index in [9.17, 15) is 20.1 Å². The highest BCUT2D eigenvalue weighted by Crippen LogP contribution is 2.32. The van der Waals surface area contributed by atoms with Gasteiger partial charge in [-0.25, -0.2) is 0 Å². The minimum atomic E-state index is -0.321. The van der Waals surface area contributed by atoms with Crippen LogP contribution in [0.25, 0.3) is 0 Å². The first kappa shape index (κ1) is 17.6. The molecule has 0 aliphatic heterocycles. The maximum absolute atomic E-state index is 12.3. The highest BCUT2D eigenvalue weighted by Gasteiger charge is 2.16. The quantitative estimate of drug-likeness (QED) is 0.427. The third-order valence-electron chi connectivity index (χ3n) is 3.85. The first-order chi connectivity index (χ1) is 11.4. The zero-order valence-electron chi connectivity index (χ0n) is 13.9. The summed E-state index contributed by atoms with van der Waals surface area (Å²) in [5, 5.41) is 29.5. The highest BCUT2D eigenvalue weighted by atomic mass is 16.3. The Hall–Kier alpha value is -2.75. The minimum absolute atomic E-state index is 0.0265. The number of benzene rings is 1. The molecule has 0 saturated heterocycles. The summed E-state index contributed by atoms with van der Waals surface area (Å²) in [4.78, 5) is 12.3. The van der Waals surface area contributed by atoms with Gasteiger partial charge in [0.1, 0.15) is 17.3 Å². The van der Waals surface area contributed by atoms with Crippen molar-refractivity contribution in [3.63, 3.8) is 0 Å². The molecule has 126 valence electrons. The topological polar surface area (TPSA) is 77.8 Å². The number of carbonyl (C=O) groups excluding carboxylic acids is 1. The van der Waals surface area contributed by atoms with Crippen LogP contribution in [0.4, 0.5) is 0 Å². The summed E-state index contributed by atoms with van der Waals surface area (Å²) >= 11 is 0. The van der Waals surface area contributed by atoms with Crippen molar-refractivity contribution in [2.45, 2.75) is 26.7 Å². The second kappa shape index (κ2) is 7.68. The van der Waals surface area contributed by atoms with Crippen LogP contribution in [-0.4, -0.2) is 21.1 Å². The van der Waals surface area contributed by atoms with Crippen molar-refractivity contribution in [3.8, 4) is 11.5 Å². The molecule has 4 heteroatoms. The predicted molar refractivity (Wildman–Crippen MR) is 94.3 cm³/mol. The SMILES string of the molecule is CC(C)=CCc1c(O)ccc(C(=O)C=CC2C=CC(O)=CC2)c1O. The molecule has 1 aromatic rings. The largest absolute Gasteiger partial charge is 0.508 e. The average Bonchev–Trinajstić information content (AvgIpc) is 2.53. The Labute approximate surface area is 141 Å². The summed E-state index contributed by atoms with van der Waals surface area (Å²) in [6, 6.07) is 2.85. The van der Waals surface area contributed by atoms with Gasteiger partial charge in [0.25, 0.3) is 0 Å². The molecular weight excluding hydrogens is 304 g/mol. The number of hydrogen-bond acceptors (Lipinski definition) is 4. The molecule has 0 bridgehead atoms. The number of allylic oxidation sites excluding steroid dienone is 7. The van der Waals surface area contributed by atoms with Gasteiger partial charge in [0, 0.05) is 5.56 Å². The molecule has 1 atom stereocenters. The maximum atomic E-state index is 12.3. The van der Waals surface area contributed by atoms with E-state index in [-0.39, 0.29) is 34.5 Å². The molecule has 1 aliphatic carbocycles. The van der Waals surface area contributed by atoms with Crippen molar-refractivity contribution in [2.75, 3.05) is 0 Å². The first-order valence-corrected chi connectivity index (χ1v) is 7.85. The summed E-state index contributed by atoms with van der Waals surface area (Å²) in [7, 11) is 0. The van der Waals surface area contributed by atoms with Gasteiger partial charge in [0.05, 0.1) is 5.56 Å². The molecule has 0 heterocycles. The number of aliphatic hydroxyl groups excluding tert-OH is 1. The minimum Gasteiger partial charge on any atom is -0.508 e. The van der Waals surface area contributed by atoms with Gasteiger partial charge in [0.2, 0.25) is 0 Å². The Balaban J connectivity index is 2.19. The second-order valence-electron chi connectivity index (χ2n) is 6.06. The van der Waals surface area contributed by atoms with Crippen LogP contribution >= 0.6 is 0 Å². The molecule has 1 aromatic carbocycles. The third kappa shape index (κ3) is 4.38. The van der Waals surface area contributed by atoms with Crippen LogP contribution in [0.2, 0.25) is 0 Å². The second-order valence-corrected chi connectivity index (χ2v) is 6.06. The Kier molecular flexibility index (Phi) is 5.64. The van der Waals surface area contributed by atoms with E-state index in [4.69, 9.17) is 0 Å². The zero-order chi connectivity index (χ0) is 17.7. The monoisotopic (exact) mass is 326 g/mol. The fourth-order valence-electron chi connectivity index (χ4n) is 2.40. The average molecular weight is 326 g/mol. The fourth-order valence-corrected chi connectivity index (χ4v) is 2.40. The molecule has 1 unspecified atom stereocenters. The van der Waals surface area contributed by atoms with Gasteiger partial charge in [-0.1, -0.05) is 23.8 Å². The van der Waals surface area contributed by atoms with E-state index in [0.29, 0.717) is 18.4 Å². The lowest BCUT2D eigenvalue weighted by molar-refractivity contribution is 0.104. The highest BCUT2D eigenvalue weighted by molar-refractivity contribution is 6.07. The number of aromatic hydroxyl groups is 2. The Morgan fingerprint density at radius 3 is 2.62 bits per heavy atom. The van der Waals surface area contributed by atoms with Crippen molar-refractivity contribution in [1.29, 1.82) is 0 Å². The predicted octanol–water partition coefficient (Wildman–Crippen LogP) is 4.36. The number of ketones is 1. The van der Waals surface area contributed by atoms with Crippen LogP contribution in [-0.2, 0) is 6.42 Å². The van der Waals surface area contributed by atoms with Gasteiger partial charge in [-0.15, -0.1) is 0 Å². The first-order valence-electron chi connectivity index (χ1n) is 7.85. The summed E-state index contributed by atoms with van der Waals surface area (Å²) in [6.45, 7) is 3.85. The number of phenols is 2. The van der Waals surface area contributed by atoms with Gasteiger partial charge in [-0.2, -0.15) is 0 Å². The number of phenolic OH excluding ortho intramolecular Hbond substituents is 2. The molecule has 2 rings (SSSR count). The number of rotatable bonds is 5. The summed E-state index contributed by atoms with van der Waals surface area (Å²) in [5.41, 5.74) is 1.58. The normalized spacial score (nSPS) is 16.9. The van der Waals surface area contributed by atoms with E-state index in [1.165, 1.54) is 18.2 Å². The van der Waals surface area contributed by atoms with Crippen LogP contribution in [0.1, 0.15) is 36.2 Å². The molecule has 0 amide bonds. The van der Waals surface area contributed by atoms with Gasteiger partial charge in [-0.05, 0) is 63.0 Å². The van der Waals surface area contributed by atoms with Crippen LogP contribution in [0.15, 0.2) is 59.9 Å². The zero-order valence-corrected chi connectivity index (χ0v) is 13.9. The molecule has 0 spiro atoms. The Morgan fingerprint density at radius 2 is 2.00 bits per heavy atom. The van der Waals surface area contributed by atoms with Crippen molar-refractivity contribution in [2.24, 2.45) is 5.92 Å². The van der Waals surface area contributed by atoms with Gasteiger partial charge in [-0.3, -0.25) is 4.79 Å². The van der Waals surface area contributed by atoms with E-state index in [0.717, 1.165) is 5.57 Å². The van der Waals surface area contributed by atoms with E-state index >= 15 is 0 Å². The maximum Gasteiger partial charge on any atom is 0.189 e. The summed E-state index contributed by atoms with van der Waals surface area (Å²) < 4.78 is 0. The molecular formula is C20H22O4. The standard InChI is InChI=1S/C20H22O4/c1-13(2)3-9-16-19(23)12-10-17(20(16)24)18(22)11-6-14-4-7-15(21)8-5-14/h3-4,6-8,10-12,14,21,23-24H,5,9H2,1-2H3. The lowest BCUT2D eigenvalue weighted by Gasteiger charge is -2.10. The lowest BCUT2D eigenvalue weighted by atomic mass is 9.97. The van der Waals surface area contributed by atoms with Gasteiger partial charge >= 0.3 is 0 Å². The van der Waals surface area contributed by atoms with Crippen LogP contribution in [0.3, 0.4) is 0 Å². The molecule has 24 heavy (non-hydrogen) atoms. The van der Waals surface area contributed by atoms with Gasteiger partial charge in [0.15, 0.2) is 5.78 Å². The van der Waals surface area contributed by atoms with Crippen LogP contribution in [0.5, 0.6) is 11.5 Å². The Bertz CT molecular complexity index is 747. The van der Waals surface area contributed by atoms with E-state index in [2.05, 4.69) is 0 Å². The van der Waals surface area contributed by atoms with E-state index in [1.54, 1.807) is 18.2 Å². The van der Waals surface area contributed by atoms with Crippen molar-refractivity contribution >= 4 is 5.78 Å². The Morgan fingerprint density at radius 1 is 1.25 bits per heavy atom. The van der Waals surface area contributed by atoms with Crippen molar-refractivity contribution in [3.05, 3.63) is 71.0 Å². The molecule has 1 aliphatic rings. The van der Waals surface area contributed by atoms with E-state index in [1.807, 2.05) is 26.0 Å². The van der Waals surface area contributed by atoms with Crippen molar-refractivity contribution < 1.29 is 20.1 Å². The molecule has 3 N–H and O–H groups in total. The molecule has 4 nitrogen and oxygen atoms in total. The lowest BCUT2D eigenvalue weighted by Crippen LogP contribution is -2.01. The van der Waals surface area contributed by atoms with Crippen LogP contribution in [0, 0.1) is 5.92 Å². The molecule has 0 saturated carbocycles. The number of carbonyl (C=O) groups is 1. The van der Waals surface area contributed by atoms with E-state index < -0.39 is 0 Å². The van der Waals surface area contributed by atoms with Gasteiger partial charge < -0.3 is 15.3 Å². The smallest absolute Gasteiger partial charge is 0.189 e. The number of hydrogen-bond donors (Lipinski definition) is 3. The third-order valence-corrected chi connectivity index (χ3v) is 3.85.